The highest BCUT2D eigenvalue weighted by Crippen LogP contribution is 2.19. The molecule has 0 fully saturated rings. The number of nitrogen functional groups attached to an aromatic ring is 1. The van der Waals surface area contributed by atoms with Gasteiger partial charge in [0.2, 0.25) is 5.88 Å². The van der Waals surface area contributed by atoms with Crippen LogP contribution >= 0.6 is 0 Å². The summed E-state index contributed by atoms with van der Waals surface area (Å²) >= 11 is 0. The fourth-order valence-electron chi connectivity index (χ4n) is 1.37. The van der Waals surface area contributed by atoms with E-state index in [9.17, 15) is 0 Å². The summed E-state index contributed by atoms with van der Waals surface area (Å²) in [6.07, 6.45) is 3.52. The lowest BCUT2D eigenvalue weighted by atomic mass is 10.3. The highest BCUT2D eigenvalue weighted by atomic mass is 16.5. The second-order valence-electron chi connectivity index (χ2n) is 3.07. The summed E-state index contributed by atoms with van der Waals surface area (Å²) in [5.41, 5.74) is 7.49. The number of nitrogens with zero attached hydrogens (tertiary/aromatic N) is 4. The van der Waals surface area contributed by atoms with Crippen LogP contribution in [0.3, 0.4) is 0 Å². The van der Waals surface area contributed by atoms with Crippen molar-refractivity contribution < 1.29 is 4.52 Å². The van der Waals surface area contributed by atoms with Gasteiger partial charge in [-0.2, -0.15) is 5.10 Å². The fraction of sp³-hybridized carbons (Fsp3) is 0. The molecule has 0 aliphatic rings. The Morgan fingerprint density at radius 3 is 2.93 bits per heavy atom. The van der Waals surface area contributed by atoms with Crippen LogP contribution in [0.1, 0.15) is 0 Å². The van der Waals surface area contributed by atoms with E-state index in [-0.39, 0.29) is 5.88 Å². The molecule has 0 radical (unpaired) electrons. The number of anilines is 1. The van der Waals surface area contributed by atoms with Gasteiger partial charge in [-0.3, -0.25) is 0 Å². The molecule has 0 aliphatic carbocycles. The zero-order chi connectivity index (χ0) is 10.3. The van der Waals surface area contributed by atoms with Crippen molar-refractivity contribution in [1.29, 1.82) is 0 Å². The standard InChI is InChI=1S/C9H7N5O/c10-8-4-7(13-15-8)6-5-9-11-2-1-3-14(9)12-6/h1-5H,10H2. The molecule has 15 heavy (non-hydrogen) atoms. The number of nitrogens with two attached hydrogens (primary N) is 1. The van der Waals surface area contributed by atoms with Gasteiger partial charge in [0, 0.05) is 24.5 Å². The molecule has 0 aliphatic heterocycles. The Morgan fingerprint density at radius 2 is 2.20 bits per heavy atom. The molecule has 2 N–H and O–H groups in total. The van der Waals surface area contributed by atoms with Crippen LogP contribution in [0.5, 0.6) is 0 Å². The monoisotopic (exact) mass is 201 g/mol. The number of hydrogen-bond acceptors (Lipinski definition) is 5. The van der Waals surface area contributed by atoms with Gasteiger partial charge in [0.15, 0.2) is 5.65 Å². The Bertz CT molecular complexity index is 579. The van der Waals surface area contributed by atoms with Gasteiger partial charge in [0.1, 0.15) is 11.4 Å². The molecule has 6 nitrogen and oxygen atoms in total. The Kier molecular flexibility index (Phi) is 1.49. The van der Waals surface area contributed by atoms with Crippen LogP contribution in [0.4, 0.5) is 5.88 Å². The van der Waals surface area contributed by atoms with E-state index >= 15 is 0 Å². The van der Waals surface area contributed by atoms with E-state index in [1.807, 2.05) is 12.3 Å². The Balaban J connectivity index is 2.19. The second kappa shape index (κ2) is 2.81. The lowest BCUT2D eigenvalue weighted by Crippen LogP contribution is -1.87. The summed E-state index contributed by atoms with van der Waals surface area (Å²) < 4.78 is 6.44. The molecular formula is C9H7N5O. The number of aromatic nitrogens is 4. The highest BCUT2D eigenvalue weighted by Gasteiger charge is 2.08. The summed E-state index contributed by atoms with van der Waals surface area (Å²) in [5, 5.41) is 8.05. The summed E-state index contributed by atoms with van der Waals surface area (Å²) in [6, 6.07) is 5.25. The van der Waals surface area contributed by atoms with Gasteiger partial charge in [-0.25, -0.2) is 9.50 Å². The highest BCUT2D eigenvalue weighted by molar-refractivity contribution is 5.61. The lowest BCUT2D eigenvalue weighted by Gasteiger charge is -1.86. The van der Waals surface area contributed by atoms with Crippen LogP contribution < -0.4 is 5.73 Å². The van der Waals surface area contributed by atoms with Crippen molar-refractivity contribution in [1.82, 2.24) is 19.8 Å². The maximum Gasteiger partial charge on any atom is 0.222 e. The summed E-state index contributed by atoms with van der Waals surface area (Å²) in [6.45, 7) is 0. The first-order chi connectivity index (χ1) is 7.33. The molecule has 0 aromatic carbocycles. The zero-order valence-electron chi connectivity index (χ0n) is 7.66. The van der Waals surface area contributed by atoms with Gasteiger partial charge in [-0.1, -0.05) is 5.16 Å². The molecule has 3 rings (SSSR count). The molecule has 74 valence electrons. The first-order valence-electron chi connectivity index (χ1n) is 4.36. The predicted octanol–water partition coefficient (Wildman–Crippen LogP) is 0.966. The molecule has 0 spiro atoms. The molecule has 3 heterocycles. The largest absolute Gasteiger partial charge is 0.368 e. The topological polar surface area (TPSA) is 82.2 Å². The van der Waals surface area contributed by atoms with Crippen molar-refractivity contribution in [3.8, 4) is 11.4 Å². The molecule has 0 atom stereocenters. The van der Waals surface area contributed by atoms with Crippen molar-refractivity contribution in [2.45, 2.75) is 0 Å². The molecule has 6 heteroatoms. The summed E-state index contributed by atoms with van der Waals surface area (Å²) in [4.78, 5) is 4.14. The first-order valence-corrected chi connectivity index (χ1v) is 4.36. The van der Waals surface area contributed by atoms with Gasteiger partial charge in [0.05, 0.1) is 0 Å². The van der Waals surface area contributed by atoms with Gasteiger partial charge >= 0.3 is 0 Å². The van der Waals surface area contributed by atoms with Gasteiger partial charge < -0.3 is 10.3 Å². The predicted molar refractivity (Wildman–Crippen MR) is 52.9 cm³/mol. The smallest absolute Gasteiger partial charge is 0.222 e. The third-order valence-corrected chi connectivity index (χ3v) is 2.03. The maximum absolute atomic E-state index is 5.43. The minimum Gasteiger partial charge on any atom is -0.368 e. The van der Waals surface area contributed by atoms with E-state index in [1.54, 1.807) is 22.8 Å². The van der Waals surface area contributed by atoms with Crippen LogP contribution in [0.2, 0.25) is 0 Å². The summed E-state index contributed by atoms with van der Waals surface area (Å²) in [7, 11) is 0. The maximum atomic E-state index is 5.43. The van der Waals surface area contributed by atoms with Gasteiger partial charge in [0.25, 0.3) is 0 Å². The zero-order valence-corrected chi connectivity index (χ0v) is 7.66. The van der Waals surface area contributed by atoms with Crippen LogP contribution in [0.15, 0.2) is 35.1 Å². The van der Waals surface area contributed by atoms with Crippen molar-refractivity contribution in [3.63, 3.8) is 0 Å². The molecule has 0 unspecified atom stereocenters. The first kappa shape index (κ1) is 7.98. The molecule has 0 bridgehead atoms. The van der Waals surface area contributed by atoms with E-state index in [0.29, 0.717) is 11.4 Å². The van der Waals surface area contributed by atoms with Gasteiger partial charge in [-0.15, -0.1) is 0 Å². The number of rotatable bonds is 1. The van der Waals surface area contributed by atoms with Crippen LogP contribution in [-0.4, -0.2) is 19.8 Å². The van der Waals surface area contributed by atoms with Gasteiger partial charge in [-0.05, 0) is 6.07 Å². The molecular weight excluding hydrogens is 194 g/mol. The fourth-order valence-corrected chi connectivity index (χ4v) is 1.37. The minimum absolute atomic E-state index is 0.273. The molecule has 3 aromatic heterocycles. The van der Waals surface area contributed by atoms with Crippen LogP contribution in [0.25, 0.3) is 17.0 Å². The lowest BCUT2D eigenvalue weighted by molar-refractivity contribution is 0.439. The van der Waals surface area contributed by atoms with E-state index in [2.05, 4.69) is 15.2 Å². The van der Waals surface area contributed by atoms with Crippen LogP contribution in [0, 0.1) is 0 Å². The van der Waals surface area contributed by atoms with Crippen molar-refractivity contribution in [3.05, 3.63) is 30.6 Å². The average molecular weight is 201 g/mol. The average Bonchev–Trinajstić information content (AvgIpc) is 2.82. The summed E-state index contributed by atoms with van der Waals surface area (Å²) in [5.74, 6) is 0.273. The van der Waals surface area contributed by atoms with E-state index < -0.39 is 0 Å². The third-order valence-electron chi connectivity index (χ3n) is 2.03. The molecule has 3 aromatic rings. The van der Waals surface area contributed by atoms with Crippen molar-refractivity contribution in [2.24, 2.45) is 0 Å². The quantitative estimate of drug-likeness (QED) is 0.634. The Hall–Kier alpha value is -2.37. The van der Waals surface area contributed by atoms with E-state index in [1.165, 1.54) is 0 Å². The molecule has 0 saturated carbocycles. The van der Waals surface area contributed by atoms with Crippen molar-refractivity contribution in [2.75, 3.05) is 5.73 Å². The molecule has 0 amide bonds. The van der Waals surface area contributed by atoms with E-state index in [4.69, 9.17) is 10.3 Å². The van der Waals surface area contributed by atoms with E-state index in [0.717, 1.165) is 5.65 Å². The number of hydrogen-bond donors (Lipinski definition) is 1. The second-order valence-corrected chi connectivity index (χ2v) is 3.07. The normalized spacial score (nSPS) is 10.9. The SMILES string of the molecule is Nc1cc(-c2cc3ncccn3n2)no1. The Morgan fingerprint density at radius 1 is 1.27 bits per heavy atom. The number of fused-ring (bicyclic) bond motifs is 1. The Labute approximate surface area is 84.3 Å². The third kappa shape index (κ3) is 1.23. The van der Waals surface area contributed by atoms with Crippen LogP contribution in [-0.2, 0) is 0 Å². The van der Waals surface area contributed by atoms with Crippen molar-refractivity contribution >= 4 is 11.5 Å². The molecule has 0 saturated heterocycles. The minimum atomic E-state index is 0.273.